The molecule has 0 unspecified atom stereocenters. The molecule has 1 aromatic carbocycles. The quantitative estimate of drug-likeness (QED) is 0.760. The van der Waals surface area contributed by atoms with Crippen molar-refractivity contribution in [3.63, 3.8) is 0 Å². The molecular formula is C16H18N4O4. The van der Waals surface area contributed by atoms with Crippen LogP contribution in [-0.4, -0.2) is 42.2 Å². The van der Waals surface area contributed by atoms with Crippen LogP contribution in [0.25, 0.3) is 0 Å². The molecule has 0 atom stereocenters. The largest absolute Gasteiger partial charge is 0.497 e. The number of carbonyl (C=O) groups is 2. The highest BCUT2D eigenvalue weighted by molar-refractivity contribution is 5.96. The number of benzene rings is 1. The van der Waals surface area contributed by atoms with Gasteiger partial charge in [0, 0.05) is 18.3 Å². The van der Waals surface area contributed by atoms with E-state index in [0.717, 1.165) is 0 Å². The first-order valence-electron chi connectivity index (χ1n) is 7.13. The van der Waals surface area contributed by atoms with Crippen LogP contribution in [-0.2, 0) is 4.79 Å². The second-order valence-corrected chi connectivity index (χ2v) is 4.76. The lowest BCUT2D eigenvalue weighted by Crippen LogP contribution is -2.40. The van der Waals surface area contributed by atoms with Gasteiger partial charge in [0.05, 0.1) is 7.11 Å². The Bertz CT molecular complexity index is 683. The van der Waals surface area contributed by atoms with Crippen LogP contribution >= 0.6 is 0 Å². The SMILES string of the molecule is C=CCN(CC(=O)Nc1ccon1)C(=O)Nc1ccc(OC)cc1. The molecule has 3 amide bonds. The number of nitrogens with zero attached hydrogens (tertiary/aromatic N) is 2. The van der Waals surface area contributed by atoms with Gasteiger partial charge in [0.25, 0.3) is 0 Å². The summed E-state index contributed by atoms with van der Waals surface area (Å²) in [6, 6.07) is 7.95. The maximum absolute atomic E-state index is 12.3. The van der Waals surface area contributed by atoms with E-state index in [-0.39, 0.29) is 18.9 Å². The molecule has 2 N–H and O–H groups in total. The van der Waals surface area contributed by atoms with Gasteiger partial charge in [0.1, 0.15) is 18.6 Å². The number of hydrogen-bond acceptors (Lipinski definition) is 5. The molecule has 2 aromatic rings. The van der Waals surface area contributed by atoms with Crippen molar-refractivity contribution in [2.75, 3.05) is 30.8 Å². The van der Waals surface area contributed by atoms with Crippen molar-refractivity contribution in [2.45, 2.75) is 0 Å². The zero-order valence-corrected chi connectivity index (χ0v) is 13.2. The molecule has 8 heteroatoms. The predicted octanol–water partition coefficient (Wildman–Crippen LogP) is 2.34. The lowest BCUT2D eigenvalue weighted by atomic mass is 10.3. The molecular weight excluding hydrogens is 312 g/mol. The molecule has 2 rings (SSSR count). The van der Waals surface area contributed by atoms with Gasteiger partial charge in [-0.15, -0.1) is 6.58 Å². The summed E-state index contributed by atoms with van der Waals surface area (Å²) >= 11 is 0. The molecule has 1 aromatic heterocycles. The van der Waals surface area contributed by atoms with Crippen LogP contribution in [0.3, 0.4) is 0 Å². The van der Waals surface area contributed by atoms with Crippen molar-refractivity contribution >= 4 is 23.4 Å². The predicted molar refractivity (Wildman–Crippen MR) is 88.9 cm³/mol. The zero-order chi connectivity index (χ0) is 17.4. The Morgan fingerprint density at radius 3 is 2.62 bits per heavy atom. The normalized spacial score (nSPS) is 9.88. The monoisotopic (exact) mass is 330 g/mol. The van der Waals surface area contributed by atoms with Gasteiger partial charge in [-0.2, -0.15) is 0 Å². The standard InChI is InChI=1S/C16H18N4O4/c1-3-9-20(11-15(21)18-14-8-10-24-19-14)16(22)17-12-4-6-13(23-2)7-5-12/h3-8,10H,1,9,11H2,2H3,(H,17,22)(H,18,19,21). The summed E-state index contributed by atoms with van der Waals surface area (Å²) in [4.78, 5) is 25.6. The molecule has 0 radical (unpaired) electrons. The molecule has 24 heavy (non-hydrogen) atoms. The van der Waals surface area contributed by atoms with Crippen molar-refractivity contribution in [3.05, 3.63) is 49.2 Å². The molecule has 0 bridgehead atoms. The van der Waals surface area contributed by atoms with Crippen molar-refractivity contribution in [3.8, 4) is 5.75 Å². The minimum atomic E-state index is -0.421. The molecule has 0 saturated heterocycles. The van der Waals surface area contributed by atoms with E-state index >= 15 is 0 Å². The number of nitrogens with one attached hydrogen (secondary N) is 2. The fourth-order valence-electron chi connectivity index (χ4n) is 1.88. The van der Waals surface area contributed by atoms with E-state index in [4.69, 9.17) is 4.74 Å². The van der Waals surface area contributed by atoms with Gasteiger partial charge >= 0.3 is 6.03 Å². The molecule has 0 aliphatic carbocycles. The van der Waals surface area contributed by atoms with Crippen molar-refractivity contribution < 1.29 is 18.8 Å². The number of hydrogen-bond donors (Lipinski definition) is 2. The van der Waals surface area contributed by atoms with E-state index in [0.29, 0.717) is 11.4 Å². The minimum absolute atomic E-state index is 0.152. The summed E-state index contributed by atoms with van der Waals surface area (Å²) in [6.07, 6.45) is 2.88. The first kappa shape index (κ1) is 17.1. The number of ether oxygens (including phenoxy) is 1. The lowest BCUT2D eigenvalue weighted by molar-refractivity contribution is -0.116. The van der Waals surface area contributed by atoms with E-state index in [1.54, 1.807) is 31.4 Å². The summed E-state index contributed by atoms with van der Waals surface area (Å²) in [5.74, 6) is 0.577. The maximum atomic E-state index is 12.3. The van der Waals surface area contributed by atoms with Gasteiger partial charge in [-0.05, 0) is 24.3 Å². The topological polar surface area (TPSA) is 96.7 Å². The van der Waals surface area contributed by atoms with Gasteiger partial charge in [0.15, 0.2) is 5.82 Å². The third-order valence-electron chi connectivity index (χ3n) is 3.02. The van der Waals surface area contributed by atoms with Crippen LogP contribution in [0, 0.1) is 0 Å². The minimum Gasteiger partial charge on any atom is -0.497 e. The van der Waals surface area contributed by atoms with E-state index in [1.165, 1.54) is 23.3 Å². The number of rotatable bonds is 7. The number of methoxy groups -OCH3 is 1. The van der Waals surface area contributed by atoms with E-state index in [2.05, 4.69) is 26.9 Å². The third kappa shape index (κ3) is 4.87. The Morgan fingerprint density at radius 1 is 1.29 bits per heavy atom. The number of urea groups is 1. The fraction of sp³-hybridized carbons (Fsp3) is 0.188. The van der Waals surface area contributed by atoms with E-state index in [1.807, 2.05) is 0 Å². The average molecular weight is 330 g/mol. The molecule has 0 fully saturated rings. The van der Waals surface area contributed by atoms with Gasteiger partial charge in [-0.3, -0.25) is 4.79 Å². The number of carbonyl (C=O) groups excluding carboxylic acids is 2. The van der Waals surface area contributed by atoms with Crippen molar-refractivity contribution in [1.82, 2.24) is 10.1 Å². The Morgan fingerprint density at radius 2 is 2.04 bits per heavy atom. The second-order valence-electron chi connectivity index (χ2n) is 4.76. The second kappa shape index (κ2) is 8.37. The lowest BCUT2D eigenvalue weighted by Gasteiger charge is -2.21. The van der Waals surface area contributed by atoms with Crippen LogP contribution in [0.2, 0.25) is 0 Å². The summed E-state index contributed by atoms with van der Waals surface area (Å²) in [5, 5.41) is 8.82. The maximum Gasteiger partial charge on any atom is 0.322 e. The Hall–Kier alpha value is -3.29. The zero-order valence-electron chi connectivity index (χ0n) is 13.2. The summed E-state index contributed by atoms with van der Waals surface area (Å²) in [7, 11) is 1.56. The third-order valence-corrected chi connectivity index (χ3v) is 3.02. The molecule has 0 saturated carbocycles. The van der Waals surface area contributed by atoms with Crippen LogP contribution in [0.5, 0.6) is 5.75 Å². The molecule has 0 aliphatic rings. The van der Waals surface area contributed by atoms with E-state index < -0.39 is 11.9 Å². The Kier molecular flexibility index (Phi) is 5.95. The Labute approximate surface area is 139 Å². The summed E-state index contributed by atoms with van der Waals surface area (Å²) in [6.45, 7) is 3.66. The molecule has 0 spiro atoms. The number of anilines is 2. The highest BCUT2D eigenvalue weighted by Crippen LogP contribution is 2.15. The van der Waals surface area contributed by atoms with E-state index in [9.17, 15) is 9.59 Å². The molecule has 0 aliphatic heterocycles. The Balaban J connectivity index is 1.95. The molecule has 8 nitrogen and oxygen atoms in total. The molecule has 126 valence electrons. The highest BCUT2D eigenvalue weighted by Gasteiger charge is 2.17. The smallest absolute Gasteiger partial charge is 0.322 e. The van der Waals surface area contributed by atoms with Crippen LogP contribution in [0.15, 0.2) is 53.8 Å². The van der Waals surface area contributed by atoms with Crippen molar-refractivity contribution in [1.29, 1.82) is 0 Å². The fourth-order valence-corrected chi connectivity index (χ4v) is 1.88. The van der Waals surface area contributed by atoms with Crippen LogP contribution < -0.4 is 15.4 Å². The number of aromatic nitrogens is 1. The summed E-state index contributed by atoms with van der Waals surface area (Å²) in [5.41, 5.74) is 0.590. The highest BCUT2D eigenvalue weighted by atomic mass is 16.5. The van der Waals surface area contributed by atoms with Crippen LogP contribution in [0.1, 0.15) is 0 Å². The first-order valence-corrected chi connectivity index (χ1v) is 7.13. The van der Waals surface area contributed by atoms with Gasteiger partial charge in [-0.1, -0.05) is 11.2 Å². The van der Waals surface area contributed by atoms with Gasteiger partial charge in [-0.25, -0.2) is 4.79 Å². The number of amides is 3. The van der Waals surface area contributed by atoms with Gasteiger partial charge in [0.2, 0.25) is 5.91 Å². The van der Waals surface area contributed by atoms with Crippen LogP contribution in [0.4, 0.5) is 16.3 Å². The van der Waals surface area contributed by atoms with Gasteiger partial charge < -0.3 is 24.8 Å². The molecule has 1 heterocycles. The first-order chi connectivity index (χ1) is 11.6. The average Bonchev–Trinajstić information content (AvgIpc) is 3.08. The summed E-state index contributed by atoms with van der Waals surface area (Å²) < 4.78 is 9.69. The van der Waals surface area contributed by atoms with Crippen molar-refractivity contribution in [2.24, 2.45) is 0 Å².